The highest BCUT2D eigenvalue weighted by Crippen LogP contribution is 2.68. The van der Waals surface area contributed by atoms with Gasteiger partial charge in [-0.2, -0.15) is 0 Å². The van der Waals surface area contributed by atoms with Crippen molar-refractivity contribution in [3.05, 3.63) is 264 Å². The first-order valence-electron chi connectivity index (χ1n) is 22.0. The van der Waals surface area contributed by atoms with Crippen molar-refractivity contribution in [2.45, 2.75) is 5.41 Å². The Morgan fingerprint density at radius 1 is 0.328 bits per heavy atom. The van der Waals surface area contributed by atoms with Gasteiger partial charge in [0, 0.05) is 54.2 Å². The molecular weight excluding hydrogens is 793 g/mol. The van der Waals surface area contributed by atoms with Crippen LogP contribution < -0.4 is 9.80 Å². The standard InChI is InChI=1S/C61H40N2S/c1-4-19-41(20-5-1)43-23-16-28-46(39-43)63(45-26-8-3-9-27-45)56-35-18-33-54-59(56)49-30-12-14-32-52(49)61(54)53-38-37-47(40-51(53)58-50-31-13-15-36-57(50)64-60(58)61)62(44-24-6-2-7-25-44)55-34-17-22-42-21-10-11-29-48(42)55/h1-40H. The van der Waals surface area contributed by atoms with Crippen molar-refractivity contribution >= 4 is 66.3 Å². The molecule has 1 spiro atoms. The van der Waals surface area contributed by atoms with E-state index in [0.29, 0.717) is 0 Å². The van der Waals surface area contributed by atoms with Crippen molar-refractivity contribution in [2.75, 3.05) is 9.80 Å². The molecule has 0 bridgehead atoms. The van der Waals surface area contributed by atoms with Crippen molar-refractivity contribution in [1.29, 1.82) is 0 Å². The van der Waals surface area contributed by atoms with Crippen molar-refractivity contribution in [3.63, 3.8) is 0 Å². The lowest BCUT2D eigenvalue weighted by Gasteiger charge is -2.32. The summed E-state index contributed by atoms with van der Waals surface area (Å²) in [6.07, 6.45) is 0. The smallest absolute Gasteiger partial charge is 0.0820 e. The number of thiophene rings is 1. The lowest BCUT2D eigenvalue weighted by atomic mass is 9.74. The van der Waals surface area contributed by atoms with Crippen molar-refractivity contribution in [1.82, 2.24) is 0 Å². The summed E-state index contributed by atoms with van der Waals surface area (Å²) in [5, 5.41) is 3.74. The third-order valence-electron chi connectivity index (χ3n) is 13.4. The van der Waals surface area contributed by atoms with Gasteiger partial charge in [-0.25, -0.2) is 0 Å². The van der Waals surface area contributed by atoms with Crippen molar-refractivity contribution in [3.8, 4) is 33.4 Å². The van der Waals surface area contributed by atoms with E-state index in [1.165, 1.54) is 75.8 Å². The fourth-order valence-electron chi connectivity index (χ4n) is 10.8. The summed E-state index contributed by atoms with van der Waals surface area (Å²) >= 11 is 1.95. The van der Waals surface area contributed by atoms with Crippen LogP contribution in [0.1, 0.15) is 21.6 Å². The average Bonchev–Trinajstić information content (AvgIpc) is 3.99. The highest BCUT2D eigenvalue weighted by molar-refractivity contribution is 7.20. The van der Waals surface area contributed by atoms with Gasteiger partial charge in [0.1, 0.15) is 0 Å². The van der Waals surface area contributed by atoms with Crippen LogP contribution in [-0.2, 0) is 5.41 Å². The summed E-state index contributed by atoms with van der Waals surface area (Å²) < 4.78 is 1.31. The van der Waals surface area contributed by atoms with Gasteiger partial charge in [-0.1, -0.05) is 176 Å². The molecule has 11 aromatic rings. The quantitative estimate of drug-likeness (QED) is 0.158. The Hall–Kier alpha value is -7.98. The van der Waals surface area contributed by atoms with Gasteiger partial charge in [-0.3, -0.25) is 0 Å². The van der Waals surface area contributed by atoms with E-state index in [1.807, 2.05) is 11.3 Å². The summed E-state index contributed by atoms with van der Waals surface area (Å²) in [4.78, 5) is 6.30. The van der Waals surface area contributed by atoms with Crippen LogP contribution in [0, 0.1) is 0 Å². The lowest BCUT2D eigenvalue weighted by molar-refractivity contribution is 0.811. The van der Waals surface area contributed by atoms with Gasteiger partial charge in [0.05, 0.1) is 16.8 Å². The molecule has 1 aromatic heterocycles. The topological polar surface area (TPSA) is 6.48 Å². The molecule has 13 rings (SSSR count). The first-order valence-corrected chi connectivity index (χ1v) is 22.8. The lowest BCUT2D eigenvalue weighted by Crippen LogP contribution is -2.25. The van der Waals surface area contributed by atoms with E-state index < -0.39 is 5.41 Å². The average molecular weight is 833 g/mol. The first-order chi connectivity index (χ1) is 31.8. The third kappa shape index (κ3) is 5.38. The number of hydrogen-bond donors (Lipinski definition) is 0. The van der Waals surface area contributed by atoms with Gasteiger partial charge in [0.15, 0.2) is 0 Å². The van der Waals surface area contributed by atoms with Gasteiger partial charge in [0.2, 0.25) is 0 Å². The molecule has 0 N–H and O–H groups in total. The first kappa shape index (κ1) is 36.7. The predicted octanol–water partition coefficient (Wildman–Crippen LogP) is 17.0. The molecule has 0 aliphatic heterocycles. The van der Waals surface area contributed by atoms with Crippen LogP contribution in [0.2, 0.25) is 0 Å². The SMILES string of the molecule is c1ccc(-c2cccc(N(c3ccccc3)c3cccc4c3-c3ccccc3C43c4ccc(N(c5ccccc5)c5cccc6ccccc56)cc4-c4c3sc3ccccc43)c2)cc1. The molecule has 1 atom stereocenters. The summed E-state index contributed by atoms with van der Waals surface area (Å²) in [7, 11) is 0. The highest BCUT2D eigenvalue weighted by atomic mass is 32.1. The number of nitrogens with zero attached hydrogens (tertiary/aromatic N) is 2. The Bertz CT molecular complexity index is 3570. The molecule has 1 heterocycles. The zero-order valence-electron chi connectivity index (χ0n) is 34.9. The maximum absolute atomic E-state index is 2.48. The zero-order chi connectivity index (χ0) is 42.2. The number of benzene rings is 10. The van der Waals surface area contributed by atoms with Crippen LogP contribution in [-0.4, -0.2) is 0 Å². The summed E-state index contributed by atoms with van der Waals surface area (Å²) in [6.45, 7) is 0. The van der Waals surface area contributed by atoms with Gasteiger partial charge in [-0.05, 0) is 111 Å². The van der Waals surface area contributed by atoms with Crippen LogP contribution in [0.4, 0.5) is 34.1 Å². The molecule has 0 fully saturated rings. The monoisotopic (exact) mass is 832 g/mol. The van der Waals surface area contributed by atoms with Crippen LogP contribution in [0.15, 0.2) is 243 Å². The predicted molar refractivity (Wildman–Crippen MR) is 270 cm³/mol. The molecule has 0 saturated heterocycles. The molecular formula is C61H40N2S. The van der Waals surface area contributed by atoms with Crippen LogP contribution in [0.5, 0.6) is 0 Å². The van der Waals surface area contributed by atoms with E-state index in [0.717, 1.165) is 34.1 Å². The molecule has 10 aromatic carbocycles. The number of fused-ring (bicyclic) bond motifs is 13. The van der Waals surface area contributed by atoms with Crippen LogP contribution in [0.3, 0.4) is 0 Å². The summed E-state index contributed by atoms with van der Waals surface area (Å²) in [5.74, 6) is 0. The summed E-state index contributed by atoms with van der Waals surface area (Å²) in [5.41, 5.74) is 17.8. The molecule has 3 heteroatoms. The highest BCUT2D eigenvalue weighted by Gasteiger charge is 2.54. The van der Waals surface area contributed by atoms with E-state index in [4.69, 9.17) is 0 Å². The maximum Gasteiger partial charge on any atom is 0.0820 e. The fourth-order valence-corrected chi connectivity index (χ4v) is 12.3. The van der Waals surface area contributed by atoms with Gasteiger partial charge in [0.25, 0.3) is 0 Å². The number of anilines is 6. The minimum Gasteiger partial charge on any atom is -0.310 e. The minimum atomic E-state index is -0.528. The summed E-state index contributed by atoms with van der Waals surface area (Å²) in [6, 6.07) is 89.3. The maximum atomic E-state index is 2.48. The number of hydrogen-bond acceptors (Lipinski definition) is 3. The minimum absolute atomic E-state index is 0.528. The Kier molecular flexibility index (Phi) is 8.34. The van der Waals surface area contributed by atoms with E-state index in [9.17, 15) is 0 Å². The second-order valence-corrected chi connectivity index (χ2v) is 17.8. The largest absolute Gasteiger partial charge is 0.310 e. The van der Waals surface area contributed by atoms with Gasteiger partial charge < -0.3 is 9.80 Å². The normalized spacial score (nSPS) is 14.3. The van der Waals surface area contributed by atoms with Gasteiger partial charge in [-0.15, -0.1) is 11.3 Å². The van der Waals surface area contributed by atoms with Gasteiger partial charge >= 0.3 is 0 Å². The molecule has 2 nitrogen and oxygen atoms in total. The van der Waals surface area contributed by atoms with E-state index in [-0.39, 0.29) is 0 Å². The van der Waals surface area contributed by atoms with E-state index >= 15 is 0 Å². The van der Waals surface area contributed by atoms with Crippen molar-refractivity contribution < 1.29 is 0 Å². The fraction of sp³-hybridized carbons (Fsp3) is 0.0164. The second kappa shape index (κ2) is 14.6. The molecule has 64 heavy (non-hydrogen) atoms. The Labute approximate surface area is 377 Å². The van der Waals surface area contributed by atoms with E-state index in [1.54, 1.807) is 0 Å². The van der Waals surface area contributed by atoms with Crippen LogP contribution >= 0.6 is 11.3 Å². The molecule has 2 aliphatic rings. The molecule has 0 saturated carbocycles. The van der Waals surface area contributed by atoms with Crippen LogP contribution in [0.25, 0.3) is 54.2 Å². The molecule has 1 unspecified atom stereocenters. The molecule has 0 radical (unpaired) electrons. The Morgan fingerprint density at radius 2 is 0.875 bits per heavy atom. The third-order valence-corrected chi connectivity index (χ3v) is 14.7. The van der Waals surface area contributed by atoms with Crippen molar-refractivity contribution in [2.24, 2.45) is 0 Å². The Balaban J connectivity index is 1.08. The molecule has 0 amide bonds. The van der Waals surface area contributed by atoms with E-state index in [2.05, 4.69) is 252 Å². The number of rotatable bonds is 7. The Morgan fingerprint density at radius 3 is 1.69 bits per heavy atom. The zero-order valence-corrected chi connectivity index (χ0v) is 35.7. The molecule has 300 valence electrons. The molecule has 2 aliphatic carbocycles. The number of para-hydroxylation sites is 2. The second-order valence-electron chi connectivity index (χ2n) is 16.8.